The third kappa shape index (κ3) is 5.67. The van der Waals surface area contributed by atoms with Gasteiger partial charge >= 0.3 is 0 Å². The summed E-state index contributed by atoms with van der Waals surface area (Å²) >= 11 is 1.42. The van der Waals surface area contributed by atoms with E-state index in [4.69, 9.17) is 10.3 Å². The number of aromatic nitrogens is 2. The lowest BCUT2D eigenvalue weighted by Crippen LogP contribution is -2.33. The normalized spacial score (nSPS) is 10.4. The van der Waals surface area contributed by atoms with Gasteiger partial charge in [0, 0.05) is 16.1 Å². The molecule has 0 radical (unpaired) electrons. The molecule has 0 aliphatic rings. The van der Waals surface area contributed by atoms with E-state index in [0.717, 1.165) is 4.90 Å². The van der Waals surface area contributed by atoms with Gasteiger partial charge in [-0.1, -0.05) is 17.3 Å². The van der Waals surface area contributed by atoms with E-state index in [1.807, 2.05) is 12.1 Å². The first-order chi connectivity index (χ1) is 14.4. The van der Waals surface area contributed by atoms with Crippen molar-refractivity contribution in [1.29, 1.82) is 0 Å². The highest BCUT2D eigenvalue weighted by Crippen LogP contribution is 2.26. The number of amides is 3. The molecule has 0 saturated heterocycles. The Kier molecular flexibility index (Phi) is 6.81. The molecule has 2 aromatic carbocycles. The molecule has 0 saturated carbocycles. The van der Waals surface area contributed by atoms with E-state index in [9.17, 15) is 14.4 Å². The van der Waals surface area contributed by atoms with Gasteiger partial charge in [-0.25, -0.2) is 0 Å². The summed E-state index contributed by atoms with van der Waals surface area (Å²) in [5, 5.41) is 8.96. The van der Waals surface area contributed by atoms with E-state index in [0.29, 0.717) is 34.3 Å². The van der Waals surface area contributed by atoms with Crippen molar-refractivity contribution in [3.63, 3.8) is 0 Å². The summed E-state index contributed by atoms with van der Waals surface area (Å²) in [5.74, 6) is 0.148. The molecule has 154 valence electrons. The first-order valence-corrected chi connectivity index (χ1v) is 9.90. The molecule has 9 nitrogen and oxygen atoms in total. The number of benzene rings is 2. The maximum atomic E-state index is 12.7. The number of carbonyl (C=O) groups is 3. The summed E-state index contributed by atoms with van der Waals surface area (Å²) in [5.41, 5.74) is 6.38. The van der Waals surface area contributed by atoms with Crippen LogP contribution >= 0.6 is 11.8 Å². The number of nitrogens with two attached hydrogens (primary N) is 1. The Bertz CT molecular complexity index is 1070. The standard InChI is InChI=1S/C20H19N5O4S/c1-12-23-18(29-25-12)11-30-16-5-3-2-4-15(16)20(28)24-14-8-6-13(7-9-14)19(27)22-10-17(21)26/h2-9H,10-11H2,1H3,(H2,21,26)(H,22,27)(H,24,28). The third-order valence-corrected chi connectivity index (χ3v) is 4.94. The molecule has 0 aliphatic carbocycles. The predicted octanol–water partition coefficient (Wildman–Crippen LogP) is 2.14. The topological polar surface area (TPSA) is 140 Å². The SMILES string of the molecule is Cc1noc(CSc2ccccc2C(=O)Nc2ccc(C(=O)NCC(N)=O)cc2)n1. The molecule has 0 unspecified atom stereocenters. The molecule has 3 aromatic rings. The van der Waals surface area contributed by atoms with Gasteiger partial charge in [-0.15, -0.1) is 11.8 Å². The number of hydrogen-bond donors (Lipinski definition) is 3. The zero-order valence-electron chi connectivity index (χ0n) is 16.0. The number of nitrogens with one attached hydrogen (secondary N) is 2. The zero-order chi connectivity index (χ0) is 21.5. The molecule has 0 atom stereocenters. The van der Waals surface area contributed by atoms with E-state index in [-0.39, 0.29) is 12.5 Å². The van der Waals surface area contributed by atoms with Gasteiger partial charge in [-0.2, -0.15) is 4.98 Å². The summed E-state index contributed by atoms with van der Waals surface area (Å²) in [6.07, 6.45) is 0. The number of thioether (sulfide) groups is 1. The Labute approximate surface area is 176 Å². The number of primary amides is 1. The Morgan fingerprint density at radius 3 is 2.47 bits per heavy atom. The minimum Gasteiger partial charge on any atom is -0.368 e. The third-order valence-electron chi connectivity index (χ3n) is 3.88. The van der Waals surface area contributed by atoms with Crippen LogP contribution in [-0.2, 0) is 10.5 Å². The second-order valence-corrected chi connectivity index (χ2v) is 7.22. The van der Waals surface area contributed by atoms with Gasteiger partial charge < -0.3 is 20.9 Å². The summed E-state index contributed by atoms with van der Waals surface area (Å²) in [6.45, 7) is 1.50. The molecule has 10 heteroatoms. The monoisotopic (exact) mass is 425 g/mol. The van der Waals surface area contributed by atoms with Crippen molar-refractivity contribution >= 4 is 35.2 Å². The highest BCUT2D eigenvalue weighted by Gasteiger charge is 2.14. The Hall–Kier alpha value is -3.66. The van der Waals surface area contributed by atoms with Crippen molar-refractivity contribution in [2.24, 2.45) is 5.73 Å². The Morgan fingerprint density at radius 1 is 1.07 bits per heavy atom. The summed E-state index contributed by atoms with van der Waals surface area (Å²) < 4.78 is 5.10. The molecule has 3 rings (SSSR count). The highest BCUT2D eigenvalue weighted by atomic mass is 32.2. The quantitative estimate of drug-likeness (QED) is 0.470. The fourth-order valence-electron chi connectivity index (χ4n) is 2.49. The fraction of sp³-hybridized carbons (Fsp3) is 0.150. The maximum Gasteiger partial charge on any atom is 0.256 e. The number of carbonyl (C=O) groups excluding carboxylic acids is 3. The van der Waals surface area contributed by atoms with Crippen LogP contribution in [0.2, 0.25) is 0 Å². The van der Waals surface area contributed by atoms with Gasteiger partial charge in [0.2, 0.25) is 11.8 Å². The van der Waals surface area contributed by atoms with Gasteiger partial charge in [0.25, 0.3) is 11.8 Å². The van der Waals surface area contributed by atoms with Gasteiger partial charge in [-0.05, 0) is 43.3 Å². The lowest BCUT2D eigenvalue weighted by atomic mass is 10.1. The van der Waals surface area contributed by atoms with Gasteiger partial charge in [0.15, 0.2) is 5.82 Å². The van der Waals surface area contributed by atoms with E-state index in [2.05, 4.69) is 20.8 Å². The van der Waals surface area contributed by atoms with Crippen LogP contribution in [0.1, 0.15) is 32.4 Å². The van der Waals surface area contributed by atoms with Crippen LogP contribution in [0.15, 0.2) is 57.9 Å². The molecule has 30 heavy (non-hydrogen) atoms. The maximum absolute atomic E-state index is 12.7. The van der Waals surface area contributed by atoms with E-state index in [1.54, 1.807) is 43.3 Å². The van der Waals surface area contributed by atoms with Gasteiger partial charge in [0.05, 0.1) is 17.9 Å². The highest BCUT2D eigenvalue weighted by molar-refractivity contribution is 7.98. The van der Waals surface area contributed by atoms with Crippen LogP contribution in [0.3, 0.4) is 0 Å². The Morgan fingerprint density at radius 2 is 1.80 bits per heavy atom. The molecule has 0 spiro atoms. The lowest BCUT2D eigenvalue weighted by Gasteiger charge is -2.10. The van der Waals surface area contributed by atoms with E-state index < -0.39 is 11.8 Å². The van der Waals surface area contributed by atoms with Crippen molar-refractivity contribution < 1.29 is 18.9 Å². The van der Waals surface area contributed by atoms with Crippen molar-refractivity contribution in [1.82, 2.24) is 15.5 Å². The molecule has 3 amide bonds. The summed E-state index contributed by atoms with van der Waals surface area (Å²) in [4.78, 5) is 40.3. The van der Waals surface area contributed by atoms with Crippen LogP contribution in [0.4, 0.5) is 5.69 Å². The van der Waals surface area contributed by atoms with Gasteiger partial charge in [0.1, 0.15) is 0 Å². The molecule has 0 bridgehead atoms. The minimum absolute atomic E-state index is 0.241. The molecule has 4 N–H and O–H groups in total. The number of nitrogens with zero attached hydrogens (tertiary/aromatic N) is 2. The zero-order valence-corrected chi connectivity index (χ0v) is 16.9. The van der Waals surface area contributed by atoms with E-state index in [1.165, 1.54) is 11.8 Å². The van der Waals surface area contributed by atoms with Crippen LogP contribution in [-0.4, -0.2) is 34.4 Å². The number of hydrogen-bond acceptors (Lipinski definition) is 7. The van der Waals surface area contributed by atoms with Crippen LogP contribution < -0.4 is 16.4 Å². The second-order valence-electron chi connectivity index (χ2n) is 6.20. The van der Waals surface area contributed by atoms with Crippen LogP contribution in [0.5, 0.6) is 0 Å². The largest absolute Gasteiger partial charge is 0.368 e. The Balaban J connectivity index is 1.64. The lowest BCUT2D eigenvalue weighted by molar-refractivity contribution is -0.117. The van der Waals surface area contributed by atoms with Crippen molar-refractivity contribution in [3.05, 3.63) is 71.4 Å². The summed E-state index contributed by atoms with van der Waals surface area (Å²) in [6, 6.07) is 13.5. The average Bonchev–Trinajstić information content (AvgIpc) is 3.16. The molecule has 1 aromatic heterocycles. The van der Waals surface area contributed by atoms with E-state index >= 15 is 0 Å². The van der Waals surface area contributed by atoms with Crippen molar-refractivity contribution in [2.45, 2.75) is 17.6 Å². The number of rotatable bonds is 8. The number of aryl methyl sites for hydroxylation is 1. The summed E-state index contributed by atoms with van der Waals surface area (Å²) in [7, 11) is 0. The first kappa shape index (κ1) is 21.1. The van der Waals surface area contributed by atoms with Gasteiger partial charge in [-0.3, -0.25) is 14.4 Å². The minimum atomic E-state index is -0.627. The van der Waals surface area contributed by atoms with Crippen LogP contribution in [0.25, 0.3) is 0 Å². The molecular weight excluding hydrogens is 406 g/mol. The van der Waals surface area contributed by atoms with Crippen molar-refractivity contribution in [3.8, 4) is 0 Å². The first-order valence-electron chi connectivity index (χ1n) is 8.91. The average molecular weight is 425 g/mol. The molecule has 0 fully saturated rings. The molecular formula is C20H19N5O4S. The van der Waals surface area contributed by atoms with Crippen molar-refractivity contribution in [2.75, 3.05) is 11.9 Å². The smallest absolute Gasteiger partial charge is 0.256 e. The number of anilines is 1. The predicted molar refractivity (Wildman–Crippen MR) is 111 cm³/mol. The fourth-order valence-corrected chi connectivity index (χ4v) is 3.38. The molecule has 1 heterocycles. The second kappa shape index (κ2) is 9.70. The molecule has 0 aliphatic heterocycles. The van der Waals surface area contributed by atoms with Crippen LogP contribution in [0, 0.1) is 6.92 Å².